The second-order valence-corrected chi connectivity index (χ2v) is 5.76. The Kier molecular flexibility index (Phi) is 3.55. The van der Waals surface area contributed by atoms with Crippen LogP contribution in [0.15, 0.2) is 23.1 Å². The van der Waals surface area contributed by atoms with Crippen LogP contribution in [0.1, 0.15) is 32.4 Å². The van der Waals surface area contributed by atoms with Gasteiger partial charge >= 0.3 is 0 Å². The minimum atomic E-state index is -0.0795. The zero-order valence-electron chi connectivity index (χ0n) is 9.96. The number of benzene rings is 1. The Morgan fingerprint density at radius 1 is 1.38 bits per heavy atom. The molecule has 1 N–H and O–H groups in total. The lowest BCUT2D eigenvalue weighted by Gasteiger charge is -2.36. The van der Waals surface area contributed by atoms with Crippen LogP contribution in [-0.4, -0.2) is 11.8 Å². The highest BCUT2D eigenvalue weighted by atomic mass is 32.2. The van der Waals surface area contributed by atoms with E-state index in [4.69, 9.17) is 0 Å². The van der Waals surface area contributed by atoms with Crippen LogP contribution in [0.4, 0.5) is 4.39 Å². The lowest BCUT2D eigenvalue weighted by atomic mass is 9.91. The van der Waals surface area contributed by atoms with Gasteiger partial charge in [-0.2, -0.15) is 0 Å². The van der Waals surface area contributed by atoms with Gasteiger partial charge in [-0.1, -0.05) is 32.9 Å². The molecule has 1 aromatic rings. The molecule has 0 aromatic heterocycles. The lowest BCUT2D eigenvalue weighted by molar-refractivity contribution is 0.375. The summed E-state index contributed by atoms with van der Waals surface area (Å²) in [5.74, 6) is 0.448. The van der Waals surface area contributed by atoms with E-state index in [-0.39, 0.29) is 11.9 Å². The Morgan fingerprint density at radius 2 is 2.12 bits per heavy atom. The first-order valence-electron chi connectivity index (χ1n) is 5.83. The van der Waals surface area contributed by atoms with Crippen molar-refractivity contribution in [3.63, 3.8) is 0 Å². The number of hydrogen-bond donors (Lipinski definition) is 1. The summed E-state index contributed by atoms with van der Waals surface area (Å²) in [6.45, 7) is 7.42. The fraction of sp³-hybridized carbons (Fsp3) is 0.538. The van der Waals surface area contributed by atoms with Crippen molar-refractivity contribution in [2.45, 2.75) is 37.0 Å². The van der Waals surface area contributed by atoms with Crippen LogP contribution in [0.5, 0.6) is 0 Å². The highest BCUT2D eigenvalue weighted by Crippen LogP contribution is 2.44. The van der Waals surface area contributed by atoms with Crippen LogP contribution >= 0.6 is 11.8 Å². The monoisotopic (exact) mass is 239 g/mol. The standard InChI is InChI=1S/C13H18FNS/c1-4-15-12-8(2)9(3)16-13-10(12)6-5-7-11(13)14/h5-9,12,15H,4H2,1-3H3. The SMILES string of the molecule is CCNC1c2cccc(F)c2SC(C)C1C. The normalized spacial score (nSPS) is 28.9. The molecule has 16 heavy (non-hydrogen) atoms. The Morgan fingerprint density at radius 3 is 2.81 bits per heavy atom. The molecule has 3 heteroatoms. The van der Waals surface area contributed by atoms with Crippen LogP contribution in [0.3, 0.4) is 0 Å². The van der Waals surface area contributed by atoms with Gasteiger partial charge in [-0.3, -0.25) is 0 Å². The predicted molar refractivity (Wildman–Crippen MR) is 67.3 cm³/mol. The molecule has 1 heterocycles. The number of halogens is 1. The van der Waals surface area contributed by atoms with E-state index in [2.05, 4.69) is 26.1 Å². The van der Waals surface area contributed by atoms with Crippen LogP contribution in [0.25, 0.3) is 0 Å². The first-order chi connectivity index (χ1) is 7.65. The third-order valence-electron chi connectivity index (χ3n) is 3.33. The van der Waals surface area contributed by atoms with Gasteiger partial charge < -0.3 is 5.32 Å². The molecule has 0 amide bonds. The molecule has 0 saturated carbocycles. The van der Waals surface area contributed by atoms with Crippen molar-refractivity contribution >= 4 is 11.8 Å². The molecule has 0 bridgehead atoms. The molecule has 0 aliphatic carbocycles. The molecule has 3 atom stereocenters. The van der Waals surface area contributed by atoms with Crippen LogP contribution < -0.4 is 5.32 Å². The van der Waals surface area contributed by atoms with E-state index in [1.54, 1.807) is 17.8 Å². The van der Waals surface area contributed by atoms with Gasteiger partial charge in [0.1, 0.15) is 5.82 Å². The minimum absolute atomic E-state index is 0.0795. The van der Waals surface area contributed by atoms with Crippen molar-refractivity contribution in [2.75, 3.05) is 6.54 Å². The molecule has 88 valence electrons. The van der Waals surface area contributed by atoms with Gasteiger partial charge in [-0.05, 0) is 24.1 Å². The van der Waals surface area contributed by atoms with Crippen molar-refractivity contribution in [1.82, 2.24) is 5.32 Å². The molecule has 1 aromatic carbocycles. The third kappa shape index (κ3) is 1.98. The van der Waals surface area contributed by atoms with Gasteiger partial charge in [-0.15, -0.1) is 11.8 Å². The smallest absolute Gasteiger partial charge is 0.137 e. The van der Waals surface area contributed by atoms with Gasteiger partial charge in [-0.25, -0.2) is 4.39 Å². The number of nitrogens with one attached hydrogen (secondary N) is 1. The van der Waals surface area contributed by atoms with Crippen molar-refractivity contribution < 1.29 is 4.39 Å². The predicted octanol–water partition coefficient (Wildman–Crippen LogP) is 3.61. The van der Waals surface area contributed by atoms with Crippen LogP contribution in [0.2, 0.25) is 0 Å². The maximum absolute atomic E-state index is 13.7. The average Bonchev–Trinajstić information content (AvgIpc) is 2.26. The van der Waals surface area contributed by atoms with Crippen molar-refractivity contribution in [1.29, 1.82) is 0 Å². The highest BCUT2D eigenvalue weighted by molar-refractivity contribution is 8.00. The molecular formula is C13H18FNS. The quantitative estimate of drug-likeness (QED) is 0.846. The second-order valence-electron chi connectivity index (χ2n) is 4.38. The second kappa shape index (κ2) is 4.76. The first-order valence-corrected chi connectivity index (χ1v) is 6.71. The van der Waals surface area contributed by atoms with Gasteiger partial charge in [0.15, 0.2) is 0 Å². The fourth-order valence-corrected chi connectivity index (χ4v) is 3.51. The molecule has 3 unspecified atom stereocenters. The van der Waals surface area contributed by atoms with E-state index >= 15 is 0 Å². The summed E-state index contributed by atoms with van der Waals surface area (Å²) in [6, 6.07) is 5.69. The van der Waals surface area contributed by atoms with Crippen molar-refractivity contribution in [2.24, 2.45) is 5.92 Å². The van der Waals surface area contributed by atoms with E-state index in [9.17, 15) is 4.39 Å². The molecule has 1 aliphatic heterocycles. The summed E-state index contributed by atoms with van der Waals surface area (Å²) in [4.78, 5) is 0.832. The molecular weight excluding hydrogens is 221 g/mol. The van der Waals surface area contributed by atoms with Gasteiger partial charge in [0.2, 0.25) is 0 Å². The summed E-state index contributed by atoms with van der Waals surface area (Å²) < 4.78 is 13.7. The molecule has 0 radical (unpaired) electrons. The van der Waals surface area contributed by atoms with Crippen molar-refractivity contribution in [3.8, 4) is 0 Å². The van der Waals surface area contributed by atoms with Crippen LogP contribution in [0, 0.1) is 11.7 Å². The van der Waals surface area contributed by atoms with E-state index in [0.717, 1.165) is 17.0 Å². The number of rotatable bonds is 2. The Balaban J connectivity index is 2.43. The average molecular weight is 239 g/mol. The van der Waals surface area contributed by atoms with E-state index < -0.39 is 0 Å². The number of fused-ring (bicyclic) bond motifs is 1. The molecule has 1 nitrogen and oxygen atoms in total. The molecule has 0 fully saturated rings. The molecule has 2 rings (SSSR count). The zero-order chi connectivity index (χ0) is 11.7. The fourth-order valence-electron chi connectivity index (χ4n) is 2.26. The first kappa shape index (κ1) is 11.9. The summed E-state index contributed by atoms with van der Waals surface area (Å²) in [5, 5.41) is 3.92. The Bertz CT molecular complexity index is 380. The van der Waals surface area contributed by atoms with Gasteiger partial charge in [0.25, 0.3) is 0 Å². The van der Waals surface area contributed by atoms with Crippen LogP contribution in [-0.2, 0) is 0 Å². The lowest BCUT2D eigenvalue weighted by Crippen LogP contribution is -2.34. The highest BCUT2D eigenvalue weighted by Gasteiger charge is 2.32. The third-order valence-corrected chi connectivity index (χ3v) is 4.79. The summed E-state index contributed by atoms with van der Waals surface area (Å²) in [6.07, 6.45) is 0. The maximum Gasteiger partial charge on any atom is 0.137 e. The number of hydrogen-bond acceptors (Lipinski definition) is 2. The summed E-state index contributed by atoms with van der Waals surface area (Å²) in [5.41, 5.74) is 1.12. The topological polar surface area (TPSA) is 12.0 Å². The minimum Gasteiger partial charge on any atom is -0.310 e. The molecule has 0 saturated heterocycles. The zero-order valence-corrected chi connectivity index (χ0v) is 10.8. The number of thioether (sulfide) groups is 1. The maximum atomic E-state index is 13.7. The Hall–Kier alpha value is -0.540. The van der Waals surface area contributed by atoms with E-state index in [0.29, 0.717) is 11.2 Å². The largest absolute Gasteiger partial charge is 0.310 e. The summed E-state index contributed by atoms with van der Waals surface area (Å²) in [7, 11) is 0. The van der Waals surface area contributed by atoms with Gasteiger partial charge in [0.05, 0.1) is 0 Å². The molecule has 1 aliphatic rings. The van der Waals surface area contributed by atoms with E-state index in [1.165, 1.54) is 0 Å². The Labute approximate surface area is 101 Å². The van der Waals surface area contributed by atoms with E-state index in [1.807, 2.05) is 12.1 Å². The van der Waals surface area contributed by atoms with Crippen molar-refractivity contribution in [3.05, 3.63) is 29.6 Å². The van der Waals surface area contributed by atoms with Gasteiger partial charge in [0, 0.05) is 16.2 Å². The summed E-state index contributed by atoms with van der Waals surface area (Å²) >= 11 is 1.66. The molecule has 0 spiro atoms.